The zero-order chi connectivity index (χ0) is 15.1. The Balaban J connectivity index is 2.44. The number of terminal acetylenes is 1. The first-order valence-electron chi connectivity index (χ1n) is 6.44. The van der Waals surface area contributed by atoms with Gasteiger partial charge in [0.05, 0.1) is 0 Å². The molecule has 0 bridgehead atoms. The van der Waals surface area contributed by atoms with Gasteiger partial charge in [-0.15, -0.1) is 12.3 Å². The van der Waals surface area contributed by atoms with Crippen LogP contribution in [0.1, 0.15) is 25.7 Å². The Morgan fingerprint density at radius 3 is 2.45 bits per heavy atom. The van der Waals surface area contributed by atoms with Crippen LogP contribution in [0.5, 0.6) is 0 Å². The van der Waals surface area contributed by atoms with Gasteiger partial charge in [-0.1, -0.05) is 0 Å². The lowest BCUT2D eigenvalue weighted by Crippen LogP contribution is -2.50. The summed E-state index contributed by atoms with van der Waals surface area (Å²) in [6.45, 7) is 0.957. The first-order chi connectivity index (χ1) is 9.43. The van der Waals surface area contributed by atoms with E-state index in [0.29, 0.717) is 32.4 Å². The fraction of sp³-hybridized carbons (Fsp3) is 0.615. The van der Waals surface area contributed by atoms with Crippen molar-refractivity contribution in [2.45, 2.75) is 31.7 Å². The Morgan fingerprint density at radius 2 is 2.00 bits per heavy atom. The molecule has 1 rings (SSSR count). The van der Waals surface area contributed by atoms with E-state index in [9.17, 15) is 14.4 Å². The van der Waals surface area contributed by atoms with E-state index >= 15 is 0 Å². The Labute approximate surface area is 117 Å². The van der Waals surface area contributed by atoms with E-state index in [0.717, 1.165) is 0 Å². The number of rotatable bonds is 5. The molecule has 0 aliphatic carbocycles. The van der Waals surface area contributed by atoms with Crippen LogP contribution in [0.3, 0.4) is 0 Å². The van der Waals surface area contributed by atoms with Gasteiger partial charge in [-0.05, 0) is 18.8 Å². The highest BCUT2D eigenvalue weighted by molar-refractivity contribution is 5.82. The second kappa shape index (κ2) is 7.38. The lowest BCUT2D eigenvalue weighted by molar-refractivity contribution is -0.139. The number of primary amides is 1. The van der Waals surface area contributed by atoms with Gasteiger partial charge in [0.2, 0.25) is 5.91 Å². The zero-order valence-electron chi connectivity index (χ0n) is 11.2. The molecule has 20 heavy (non-hydrogen) atoms. The van der Waals surface area contributed by atoms with Gasteiger partial charge in [-0.2, -0.15) is 0 Å². The molecule has 7 heteroatoms. The van der Waals surface area contributed by atoms with E-state index in [1.807, 2.05) is 0 Å². The molecule has 110 valence electrons. The van der Waals surface area contributed by atoms with Gasteiger partial charge >= 0.3 is 12.0 Å². The number of nitrogens with two attached hydrogens (primary N) is 1. The third-order valence-electron chi connectivity index (χ3n) is 3.31. The van der Waals surface area contributed by atoms with Gasteiger partial charge in [0.1, 0.15) is 6.04 Å². The number of amides is 3. The summed E-state index contributed by atoms with van der Waals surface area (Å²) in [4.78, 5) is 35.2. The predicted molar refractivity (Wildman–Crippen MR) is 71.5 cm³/mol. The summed E-state index contributed by atoms with van der Waals surface area (Å²) in [5.74, 6) is 0.920. The second-order valence-corrected chi connectivity index (χ2v) is 4.85. The summed E-state index contributed by atoms with van der Waals surface area (Å²) in [6, 6.07) is -1.51. The number of nitrogens with one attached hydrogen (secondary N) is 1. The monoisotopic (exact) mass is 281 g/mol. The van der Waals surface area contributed by atoms with Crippen LogP contribution in [0.15, 0.2) is 0 Å². The maximum Gasteiger partial charge on any atom is 0.327 e. The van der Waals surface area contributed by atoms with Crippen molar-refractivity contribution in [2.24, 2.45) is 11.7 Å². The molecule has 1 fully saturated rings. The SMILES string of the molecule is C#CCC(NC(=O)N1CCC(CC(N)=O)CC1)C(=O)O. The molecule has 1 saturated heterocycles. The number of hydrogen-bond acceptors (Lipinski definition) is 3. The molecule has 7 nitrogen and oxygen atoms in total. The van der Waals surface area contributed by atoms with Crippen molar-refractivity contribution < 1.29 is 19.5 Å². The number of urea groups is 1. The molecular weight excluding hydrogens is 262 g/mol. The minimum Gasteiger partial charge on any atom is -0.480 e. The number of hydrogen-bond donors (Lipinski definition) is 3. The first kappa shape index (κ1) is 15.8. The van der Waals surface area contributed by atoms with E-state index < -0.39 is 18.0 Å². The molecule has 0 aromatic rings. The zero-order valence-corrected chi connectivity index (χ0v) is 11.2. The van der Waals surface area contributed by atoms with Crippen molar-refractivity contribution in [2.75, 3.05) is 13.1 Å². The fourth-order valence-corrected chi connectivity index (χ4v) is 2.18. The molecular formula is C13H19N3O4. The third-order valence-corrected chi connectivity index (χ3v) is 3.31. The third kappa shape index (κ3) is 4.80. The van der Waals surface area contributed by atoms with Crippen LogP contribution in [0.2, 0.25) is 0 Å². The van der Waals surface area contributed by atoms with Crippen LogP contribution in [0, 0.1) is 18.3 Å². The number of carboxylic acids is 1. The minimum absolute atomic E-state index is 0.0563. The van der Waals surface area contributed by atoms with Gasteiger partial charge < -0.3 is 21.1 Å². The smallest absolute Gasteiger partial charge is 0.327 e. The van der Waals surface area contributed by atoms with E-state index in [4.69, 9.17) is 17.3 Å². The maximum atomic E-state index is 11.9. The number of carboxylic acid groups (broad SMARTS) is 1. The van der Waals surface area contributed by atoms with E-state index in [-0.39, 0.29) is 18.2 Å². The second-order valence-electron chi connectivity index (χ2n) is 4.85. The summed E-state index contributed by atoms with van der Waals surface area (Å²) >= 11 is 0. The molecule has 1 aliphatic heterocycles. The van der Waals surface area contributed by atoms with Gasteiger partial charge in [-0.25, -0.2) is 9.59 Å². The molecule has 1 atom stereocenters. The highest BCUT2D eigenvalue weighted by Gasteiger charge is 2.26. The van der Waals surface area contributed by atoms with E-state index in [2.05, 4.69) is 11.2 Å². The average molecular weight is 281 g/mol. The normalized spacial score (nSPS) is 17.1. The van der Waals surface area contributed by atoms with Crippen molar-refractivity contribution in [1.82, 2.24) is 10.2 Å². The predicted octanol–water partition coefficient (Wildman–Crippen LogP) is -0.240. The summed E-state index contributed by atoms with van der Waals surface area (Å²) in [6.07, 6.45) is 6.70. The fourth-order valence-electron chi connectivity index (χ4n) is 2.18. The highest BCUT2D eigenvalue weighted by Crippen LogP contribution is 2.20. The average Bonchev–Trinajstić information content (AvgIpc) is 2.38. The number of nitrogens with zero attached hydrogens (tertiary/aromatic N) is 1. The molecule has 1 unspecified atom stereocenters. The molecule has 4 N–H and O–H groups in total. The van der Waals surface area contributed by atoms with Crippen molar-refractivity contribution in [3.63, 3.8) is 0 Å². The number of piperidine rings is 1. The Hall–Kier alpha value is -2.23. The van der Waals surface area contributed by atoms with Crippen LogP contribution in [0.25, 0.3) is 0 Å². The number of carbonyl (C=O) groups excluding carboxylic acids is 2. The van der Waals surface area contributed by atoms with E-state index in [1.54, 1.807) is 0 Å². The summed E-state index contributed by atoms with van der Waals surface area (Å²) < 4.78 is 0. The topological polar surface area (TPSA) is 113 Å². The van der Waals surface area contributed by atoms with Crippen molar-refractivity contribution >= 4 is 17.9 Å². The summed E-state index contributed by atoms with van der Waals surface area (Å²) in [5, 5.41) is 11.3. The molecule has 3 amide bonds. The van der Waals surface area contributed by atoms with E-state index in [1.165, 1.54) is 4.90 Å². The summed E-state index contributed by atoms with van der Waals surface area (Å²) in [5.41, 5.74) is 5.13. The maximum absolute atomic E-state index is 11.9. The van der Waals surface area contributed by atoms with Gasteiger partial charge in [0.15, 0.2) is 0 Å². The number of carbonyl (C=O) groups is 3. The lowest BCUT2D eigenvalue weighted by Gasteiger charge is -2.32. The van der Waals surface area contributed by atoms with Gasteiger partial charge in [-0.3, -0.25) is 4.79 Å². The highest BCUT2D eigenvalue weighted by atomic mass is 16.4. The van der Waals surface area contributed by atoms with Gasteiger partial charge in [0, 0.05) is 25.9 Å². The van der Waals surface area contributed by atoms with Crippen LogP contribution < -0.4 is 11.1 Å². The Kier molecular flexibility index (Phi) is 5.84. The van der Waals surface area contributed by atoms with Crippen LogP contribution in [0.4, 0.5) is 4.79 Å². The minimum atomic E-state index is -1.15. The number of aliphatic carboxylic acids is 1. The quantitative estimate of drug-likeness (QED) is 0.603. The van der Waals surface area contributed by atoms with Crippen molar-refractivity contribution in [3.05, 3.63) is 0 Å². The molecule has 0 saturated carbocycles. The molecule has 0 aromatic heterocycles. The first-order valence-corrected chi connectivity index (χ1v) is 6.44. The summed E-state index contributed by atoms with van der Waals surface area (Å²) in [7, 11) is 0. The van der Waals surface area contributed by atoms with Gasteiger partial charge in [0.25, 0.3) is 0 Å². The van der Waals surface area contributed by atoms with Crippen molar-refractivity contribution in [1.29, 1.82) is 0 Å². The van der Waals surface area contributed by atoms with Crippen LogP contribution in [-0.2, 0) is 9.59 Å². The number of likely N-dealkylation sites (tertiary alicyclic amines) is 1. The Bertz CT molecular complexity index is 422. The lowest BCUT2D eigenvalue weighted by atomic mass is 9.93. The molecule has 1 heterocycles. The molecule has 0 radical (unpaired) electrons. The van der Waals surface area contributed by atoms with Crippen LogP contribution >= 0.6 is 0 Å². The molecule has 0 spiro atoms. The van der Waals surface area contributed by atoms with Crippen LogP contribution in [-0.4, -0.2) is 47.0 Å². The standard InChI is InChI=1S/C13H19N3O4/c1-2-3-10(12(18)19)15-13(20)16-6-4-9(5-7-16)8-11(14)17/h1,9-10H,3-8H2,(H2,14,17)(H,15,20)(H,18,19). The van der Waals surface area contributed by atoms with Crippen molar-refractivity contribution in [3.8, 4) is 12.3 Å². The molecule has 1 aliphatic rings. The molecule has 0 aromatic carbocycles. The Morgan fingerprint density at radius 1 is 1.40 bits per heavy atom. The largest absolute Gasteiger partial charge is 0.480 e.